The van der Waals surface area contributed by atoms with E-state index in [-0.39, 0.29) is 5.69 Å². The minimum atomic E-state index is -1.08. The van der Waals surface area contributed by atoms with E-state index < -0.39 is 5.97 Å². The topological polar surface area (TPSA) is 98.3 Å². The minimum absolute atomic E-state index is 0.0164. The number of aryl methyl sites for hydroxylation is 1. The van der Waals surface area contributed by atoms with Crippen LogP contribution in [0.15, 0.2) is 60.7 Å². The van der Waals surface area contributed by atoms with Crippen molar-refractivity contribution < 1.29 is 9.90 Å². The Bertz CT molecular complexity index is 1380. The number of hydrogen-bond acceptors (Lipinski definition) is 6. The third-order valence-corrected chi connectivity index (χ3v) is 6.24. The molecule has 8 nitrogen and oxygen atoms in total. The fraction of sp³-hybridized carbons (Fsp3) is 0.231. The monoisotopic (exact) mass is 452 g/mol. The van der Waals surface area contributed by atoms with E-state index in [4.69, 9.17) is 5.26 Å². The zero-order chi connectivity index (χ0) is 23.7. The average Bonchev–Trinajstić information content (AvgIpc) is 3.21. The zero-order valence-electron chi connectivity index (χ0n) is 18.8. The lowest BCUT2D eigenvalue weighted by Gasteiger charge is -2.35. The summed E-state index contributed by atoms with van der Waals surface area (Å²) in [5, 5.41) is 24.2. The summed E-state index contributed by atoms with van der Waals surface area (Å²) in [6.45, 7) is 5.84. The van der Waals surface area contributed by atoms with Gasteiger partial charge in [0.1, 0.15) is 0 Å². The number of carboxylic acid groups (broad SMARTS) is 1. The molecule has 0 aliphatic carbocycles. The summed E-state index contributed by atoms with van der Waals surface area (Å²) in [5.41, 5.74) is 4.95. The van der Waals surface area contributed by atoms with E-state index in [1.165, 1.54) is 0 Å². The molecule has 170 valence electrons. The van der Waals surface area contributed by atoms with Gasteiger partial charge in [-0.05, 0) is 48.4 Å². The number of carbonyl (C=O) groups is 1. The number of aromatic carboxylic acids is 1. The Morgan fingerprint density at radius 1 is 1.03 bits per heavy atom. The number of hydrogen-bond donors (Lipinski definition) is 1. The van der Waals surface area contributed by atoms with Crippen molar-refractivity contribution in [3.63, 3.8) is 0 Å². The van der Waals surface area contributed by atoms with Crippen molar-refractivity contribution in [2.75, 3.05) is 37.6 Å². The molecule has 34 heavy (non-hydrogen) atoms. The molecule has 2 aromatic heterocycles. The number of nitriles is 1. The molecule has 1 aliphatic rings. The standard InChI is InChI=1S/C26H24N6O2/c1-18-24-22(19-7-9-20(10-8-19)31-15-13-30(12-11-27)14-16-31)17-23(26(33)34)28-25(24)32(29-18)21-5-3-2-4-6-21/h2-10,17H,12-16H2,1H3,(H,33,34). The van der Waals surface area contributed by atoms with Crippen LogP contribution in [-0.4, -0.2) is 63.5 Å². The normalized spacial score (nSPS) is 14.3. The van der Waals surface area contributed by atoms with Gasteiger partial charge < -0.3 is 10.0 Å². The van der Waals surface area contributed by atoms with E-state index in [1.807, 2.05) is 49.4 Å². The van der Waals surface area contributed by atoms with Gasteiger partial charge in [-0.1, -0.05) is 30.3 Å². The van der Waals surface area contributed by atoms with E-state index in [2.05, 4.69) is 38.1 Å². The number of piperazine rings is 1. The highest BCUT2D eigenvalue weighted by molar-refractivity contribution is 6.00. The maximum absolute atomic E-state index is 11.9. The van der Waals surface area contributed by atoms with Gasteiger partial charge in [-0.15, -0.1) is 0 Å². The van der Waals surface area contributed by atoms with Crippen molar-refractivity contribution in [1.82, 2.24) is 19.7 Å². The molecule has 4 aromatic rings. The van der Waals surface area contributed by atoms with Gasteiger partial charge in [0.05, 0.1) is 29.4 Å². The molecule has 8 heteroatoms. The number of anilines is 1. The van der Waals surface area contributed by atoms with Crippen LogP contribution < -0.4 is 4.90 Å². The van der Waals surface area contributed by atoms with Crippen molar-refractivity contribution in [3.05, 3.63) is 72.1 Å². The predicted octanol–water partition coefficient (Wildman–Crippen LogP) is 3.74. The Kier molecular flexibility index (Phi) is 5.70. The molecule has 1 aliphatic heterocycles. The quantitative estimate of drug-likeness (QED) is 0.461. The van der Waals surface area contributed by atoms with Gasteiger partial charge in [0.2, 0.25) is 0 Å². The summed E-state index contributed by atoms with van der Waals surface area (Å²) in [7, 11) is 0. The maximum Gasteiger partial charge on any atom is 0.354 e. The number of nitrogens with zero attached hydrogens (tertiary/aromatic N) is 6. The predicted molar refractivity (Wildman–Crippen MR) is 130 cm³/mol. The molecule has 1 fully saturated rings. The Morgan fingerprint density at radius 2 is 1.74 bits per heavy atom. The first kappa shape index (κ1) is 21.6. The summed E-state index contributed by atoms with van der Waals surface area (Å²) in [5.74, 6) is -1.08. The molecular weight excluding hydrogens is 428 g/mol. The van der Waals surface area contributed by atoms with Crippen LogP contribution in [0.3, 0.4) is 0 Å². The van der Waals surface area contributed by atoms with Gasteiger partial charge in [-0.2, -0.15) is 10.4 Å². The summed E-state index contributed by atoms with van der Waals surface area (Å²) >= 11 is 0. The van der Waals surface area contributed by atoms with Crippen LogP contribution in [0.2, 0.25) is 0 Å². The molecule has 1 N–H and O–H groups in total. The summed E-state index contributed by atoms with van der Waals surface area (Å²) in [6.07, 6.45) is 0. The lowest BCUT2D eigenvalue weighted by molar-refractivity contribution is 0.0691. The molecule has 0 unspecified atom stereocenters. The van der Waals surface area contributed by atoms with E-state index in [1.54, 1.807) is 10.7 Å². The first-order valence-corrected chi connectivity index (χ1v) is 11.2. The summed E-state index contributed by atoms with van der Waals surface area (Å²) in [6, 6.07) is 21.6. The SMILES string of the molecule is Cc1nn(-c2ccccc2)c2nc(C(=O)O)cc(-c3ccc(N4CCN(CC#N)CC4)cc3)c12. The molecule has 0 saturated carbocycles. The molecule has 0 bridgehead atoms. The first-order valence-electron chi connectivity index (χ1n) is 11.2. The van der Waals surface area contributed by atoms with Crippen molar-refractivity contribution in [2.24, 2.45) is 0 Å². The van der Waals surface area contributed by atoms with E-state index >= 15 is 0 Å². The Morgan fingerprint density at radius 3 is 2.38 bits per heavy atom. The zero-order valence-corrected chi connectivity index (χ0v) is 18.8. The highest BCUT2D eigenvalue weighted by atomic mass is 16.4. The third-order valence-electron chi connectivity index (χ3n) is 6.24. The molecule has 0 radical (unpaired) electrons. The molecular formula is C26H24N6O2. The van der Waals surface area contributed by atoms with Gasteiger partial charge in [0.25, 0.3) is 0 Å². The van der Waals surface area contributed by atoms with Crippen LogP contribution in [0.4, 0.5) is 5.69 Å². The van der Waals surface area contributed by atoms with Gasteiger partial charge in [-0.3, -0.25) is 4.90 Å². The molecule has 0 spiro atoms. The number of rotatable bonds is 5. The second-order valence-electron chi connectivity index (χ2n) is 8.36. The lowest BCUT2D eigenvalue weighted by Crippen LogP contribution is -2.46. The van der Waals surface area contributed by atoms with Crippen molar-refractivity contribution in [3.8, 4) is 22.9 Å². The third kappa shape index (κ3) is 3.98. The van der Waals surface area contributed by atoms with E-state index in [9.17, 15) is 9.90 Å². The Labute approximate surface area is 197 Å². The molecule has 2 aromatic carbocycles. The molecule has 3 heterocycles. The van der Waals surface area contributed by atoms with Crippen LogP contribution >= 0.6 is 0 Å². The lowest BCUT2D eigenvalue weighted by atomic mass is 10.0. The fourth-order valence-corrected chi connectivity index (χ4v) is 4.49. The van der Waals surface area contributed by atoms with Gasteiger partial charge in [-0.25, -0.2) is 14.5 Å². The number of aromatic nitrogens is 3. The number of pyridine rings is 1. The molecule has 0 amide bonds. The number of carboxylic acids is 1. The summed E-state index contributed by atoms with van der Waals surface area (Å²) in [4.78, 5) is 20.8. The first-order chi connectivity index (χ1) is 16.5. The van der Waals surface area contributed by atoms with Crippen LogP contribution in [-0.2, 0) is 0 Å². The number of para-hydroxylation sites is 1. The average molecular weight is 453 g/mol. The van der Waals surface area contributed by atoms with E-state index in [0.29, 0.717) is 12.2 Å². The summed E-state index contributed by atoms with van der Waals surface area (Å²) < 4.78 is 1.70. The number of fused-ring (bicyclic) bond motifs is 1. The van der Waals surface area contributed by atoms with Gasteiger partial charge >= 0.3 is 5.97 Å². The van der Waals surface area contributed by atoms with Crippen LogP contribution in [0.25, 0.3) is 27.8 Å². The smallest absolute Gasteiger partial charge is 0.354 e. The van der Waals surface area contributed by atoms with Crippen molar-refractivity contribution in [1.29, 1.82) is 5.26 Å². The largest absolute Gasteiger partial charge is 0.477 e. The minimum Gasteiger partial charge on any atom is -0.477 e. The van der Waals surface area contributed by atoms with Gasteiger partial charge in [0.15, 0.2) is 11.3 Å². The van der Waals surface area contributed by atoms with Gasteiger partial charge in [0, 0.05) is 31.9 Å². The molecule has 5 rings (SSSR count). The van der Waals surface area contributed by atoms with E-state index in [0.717, 1.165) is 59.8 Å². The van der Waals surface area contributed by atoms with Crippen LogP contribution in [0.1, 0.15) is 16.2 Å². The van der Waals surface area contributed by atoms with Crippen LogP contribution in [0.5, 0.6) is 0 Å². The molecule has 0 atom stereocenters. The Hall–Kier alpha value is -4.22. The van der Waals surface area contributed by atoms with Crippen molar-refractivity contribution in [2.45, 2.75) is 6.92 Å². The second kappa shape index (κ2) is 8.96. The Balaban J connectivity index is 1.54. The van der Waals surface area contributed by atoms with Crippen LogP contribution in [0, 0.1) is 18.3 Å². The van der Waals surface area contributed by atoms with Crippen molar-refractivity contribution >= 4 is 22.7 Å². The fourth-order valence-electron chi connectivity index (χ4n) is 4.49. The molecule has 1 saturated heterocycles. The second-order valence-corrected chi connectivity index (χ2v) is 8.36. The highest BCUT2D eigenvalue weighted by Gasteiger charge is 2.21. The number of benzene rings is 2. The maximum atomic E-state index is 11.9. The highest BCUT2D eigenvalue weighted by Crippen LogP contribution is 2.33.